The van der Waals surface area contributed by atoms with Gasteiger partial charge in [0.05, 0.1) is 5.02 Å². The third-order valence-corrected chi connectivity index (χ3v) is 4.38. The molecule has 6 heteroatoms. The minimum absolute atomic E-state index is 0.321. The first-order valence-electron chi connectivity index (χ1n) is 6.20. The number of ether oxygens (including phenoxy) is 1. The first kappa shape index (κ1) is 14.8. The minimum Gasteiger partial charge on any atom is -0.448 e. The van der Waals surface area contributed by atoms with E-state index in [1.807, 2.05) is 24.3 Å². The number of thiophene rings is 1. The molecule has 0 aliphatic heterocycles. The van der Waals surface area contributed by atoms with E-state index in [2.05, 4.69) is 5.32 Å². The summed E-state index contributed by atoms with van der Waals surface area (Å²) in [4.78, 5) is 24.0. The van der Waals surface area contributed by atoms with Gasteiger partial charge in [0.1, 0.15) is 4.88 Å². The van der Waals surface area contributed by atoms with Gasteiger partial charge in [-0.25, -0.2) is 4.79 Å². The van der Waals surface area contributed by atoms with E-state index in [4.69, 9.17) is 16.3 Å². The molecule has 2 rings (SSSR count). The maximum Gasteiger partial charge on any atom is 0.350 e. The summed E-state index contributed by atoms with van der Waals surface area (Å²) in [5.41, 5.74) is 0. The van der Waals surface area contributed by atoms with E-state index >= 15 is 0 Å². The lowest BCUT2D eigenvalue weighted by Crippen LogP contribution is -2.35. The number of likely N-dealkylation sites (N-methyl/N-ethyl adjacent to an activating group) is 1. The average Bonchev–Trinajstić information content (AvgIpc) is 2.77. The fourth-order valence-corrected chi connectivity index (χ4v) is 3.12. The molecule has 1 atom stereocenters. The lowest BCUT2D eigenvalue weighted by Gasteiger charge is -2.11. The van der Waals surface area contributed by atoms with Crippen LogP contribution in [-0.4, -0.2) is 24.5 Å². The van der Waals surface area contributed by atoms with Gasteiger partial charge in [-0.15, -0.1) is 11.3 Å². The van der Waals surface area contributed by atoms with E-state index in [9.17, 15) is 9.59 Å². The van der Waals surface area contributed by atoms with Crippen molar-refractivity contribution in [2.45, 2.75) is 20.0 Å². The fraction of sp³-hybridized carbons (Fsp3) is 0.286. The molecular weight excluding hydrogens is 298 g/mol. The lowest BCUT2D eigenvalue weighted by molar-refractivity contribution is -0.128. The zero-order chi connectivity index (χ0) is 14.7. The van der Waals surface area contributed by atoms with Gasteiger partial charge >= 0.3 is 5.97 Å². The summed E-state index contributed by atoms with van der Waals surface area (Å²) in [6.45, 7) is 3.82. The first-order chi connectivity index (χ1) is 9.54. The van der Waals surface area contributed by atoms with Crippen molar-refractivity contribution in [2.24, 2.45) is 0 Å². The molecule has 1 N–H and O–H groups in total. The van der Waals surface area contributed by atoms with Crippen molar-refractivity contribution >= 4 is 44.9 Å². The second kappa shape index (κ2) is 6.24. The quantitative estimate of drug-likeness (QED) is 0.882. The van der Waals surface area contributed by atoms with Crippen LogP contribution in [0.15, 0.2) is 24.3 Å². The molecule has 0 saturated heterocycles. The Labute approximate surface area is 125 Å². The van der Waals surface area contributed by atoms with Gasteiger partial charge in [-0.2, -0.15) is 0 Å². The Bertz CT molecular complexity index is 653. The number of carbonyl (C=O) groups excluding carboxylic acids is 2. The van der Waals surface area contributed by atoms with Crippen molar-refractivity contribution in [3.63, 3.8) is 0 Å². The van der Waals surface area contributed by atoms with Crippen molar-refractivity contribution in [3.8, 4) is 0 Å². The van der Waals surface area contributed by atoms with Crippen LogP contribution in [0.1, 0.15) is 23.5 Å². The third-order valence-electron chi connectivity index (χ3n) is 2.72. The van der Waals surface area contributed by atoms with Crippen LogP contribution in [0.5, 0.6) is 0 Å². The zero-order valence-corrected chi connectivity index (χ0v) is 12.7. The maximum atomic E-state index is 12.1. The highest BCUT2D eigenvalue weighted by atomic mass is 35.5. The molecule has 1 aromatic heterocycles. The van der Waals surface area contributed by atoms with E-state index in [1.165, 1.54) is 18.3 Å². The fourth-order valence-electron chi connectivity index (χ4n) is 1.73. The van der Waals surface area contributed by atoms with Gasteiger partial charge < -0.3 is 10.1 Å². The lowest BCUT2D eigenvalue weighted by atomic mass is 10.2. The number of benzene rings is 1. The summed E-state index contributed by atoms with van der Waals surface area (Å²) in [6, 6.07) is 7.46. The third kappa shape index (κ3) is 2.94. The normalized spacial score (nSPS) is 12.2. The largest absolute Gasteiger partial charge is 0.448 e. The predicted octanol–water partition coefficient (Wildman–Crippen LogP) is 3.24. The molecule has 1 amide bonds. The Morgan fingerprint density at radius 1 is 1.40 bits per heavy atom. The summed E-state index contributed by atoms with van der Waals surface area (Å²) in [5, 5.41) is 3.79. The summed E-state index contributed by atoms with van der Waals surface area (Å²) in [5.74, 6) is -0.895. The van der Waals surface area contributed by atoms with Crippen LogP contribution >= 0.6 is 22.9 Å². The minimum atomic E-state index is -0.844. The number of hydrogen-bond donors (Lipinski definition) is 1. The predicted molar refractivity (Wildman–Crippen MR) is 80.4 cm³/mol. The van der Waals surface area contributed by atoms with Crippen LogP contribution in [0.25, 0.3) is 10.1 Å². The molecule has 0 fully saturated rings. The molecule has 106 valence electrons. The average molecular weight is 312 g/mol. The number of rotatable bonds is 4. The summed E-state index contributed by atoms with van der Waals surface area (Å²) >= 11 is 7.45. The monoisotopic (exact) mass is 311 g/mol. The molecule has 0 aliphatic rings. The Hall–Kier alpha value is -1.59. The molecule has 2 aromatic rings. The van der Waals surface area contributed by atoms with Crippen LogP contribution in [0.4, 0.5) is 0 Å². The van der Waals surface area contributed by atoms with Crippen molar-refractivity contribution in [2.75, 3.05) is 6.54 Å². The van der Waals surface area contributed by atoms with Crippen LogP contribution in [-0.2, 0) is 9.53 Å². The van der Waals surface area contributed by atoms with Gasteiger partial charge in [-0.3, -0.25) is 4.79 Å². The number of halogens is 1. The van der Waals surface area contributed by atoms with E-state index in [0.717, 1.165) is 10.1 Å². The van der Waals surface area contributed by atoms with E-state index < -0.39 is 12.1 Å². The number of carbonyl (C=O) groups is 2. The standard InChI is InChI=1S/C14H14ClNO3S/c1-3-16-13(17)8(2)19-14(18)12-11(15)9-6-4-5-7-10(9)20-12/h4-8H,3H2,1-2H3,(H,16,17)/t8-/m1/s1. The first-order valence-corrected chi connectivity index (χ1v) is 7.39. The Morgan fingerprint density at radius 3 is 2.75 bits per heavy atom. The Morgan fingerprint density at radius 2 is 2.10 bits per heavy atom. The van der Waals surface area contributed by atoms with Gasteiger partial charge in [0.25, 0.3) is 5.91 Å². The van der Waals surface area contributed by atoms with Crippen LogP contribution in [0, 0.1) is 0 Å². The molecular formula is C14H14ClNO3S. The second-order valence-corrected chi connectivity index (χ2v) is 5.61. The topological polar surface area (TPSA) is 55.4 Å². The Balaban J connectivity index is 2.19. The molecule has 0 radical (unpaired) electrons. The summed E-state index contributed by atoms with van der Waals surface area (Å²) in [6.07, 6.45) is -0.844. The highest BCUT2D eigenvalue weighted by molar-refractivity contribution is 7.21. The van der Waals surface area contributed by atoms with Crippen LogP contribution < -0.4 is 5.32 Å². The van der Waals surface area contributed by atoms with Crippen molar-refractivity contribution in [1.82, 2.24) is 5.32 Å². The Kier molecular flexibility index (Phi) is 4.62. The summed E-state index contributed by atoms with van der Waals surface area (Å²) < 4.78 is 6.05. The molecule has 0 unspecified atom stereocenters. The van der Waals surface area contributed by atoms with Crippen molar-refractivity contribution in [1.29, 1.82) is 0 Å². The smallest absolute Gasteiger partial charge is 0.350 e. The van der Waals surface area contributed by atoms with Crippen LogP contribution in [0.3, 0.4) is 0 Å². The maximum absolute atomic E-state index is 12.1. The van der Waals surface area contributed by atoms with Gasteiger partial charge in [0.15, 0.2) is 6.10 Å². The SMILES string of the molecule is CCNC(=O)[C@@H](C)OC(=O)c1sc2ccccc2c1Cl. The zero-order valence-electron chi connectivity index (χ0n) is 11.1. The van der Waals surface area contributed by atoms with E-state index in [0.29, 0.717) is 16.4 Å². The molecule has 0 aliphatic carbocycles. The molecule has 1 aromatic carbocycles. The molecule has 0 spiro atoms. The van der Waals surface area contributed by atoms with Gasteiger partial charge in [0.2, 0.25) is 0 Å². The molecule has 4 nitrogen and oxygen atoms in total. The molecule has 0 bridgehead atoms. The highest BCUT2D eigenvalue weighted by Crippen LogP contribution is 2.35. The second-order valence-electron chi connectivity index (χ2n) is 4.18. The summed E-state index contributed by atoms with van der Waals surface area (Å²) in [7, 11) is 0. The number of fused-ring (bicyclic) bond motifs is 1. The van der Waals surface area contributed by atoms with Gasteiger partial charge in [-0.05, 0) is 19.9 Å². The van der Waals surface area contributed by atoms with E-state index in [1.54, 1.807) is 6.92 Å². The van der Waals surface area contributed by atoms with Gasteiger partial charge in [0, 0.05) is 16.6 Å². The number of amides is 1. The number of hydrogen-bond acceptors (Lipinski definition) is 4. The molecule has 1 heterocycles. The highest BCUT2D eigenvalue weighted by Gasteiger charge is 2.23. The van der Waals surface area contributed by atoms with Crippen molar-refractivity contribution in [3.05, 3.63) is 34.2 Å². The van der Waals surface area contributed by atoms with Crippen molar-refractivity contribution < 1.29 is 14.3 Å². The van der Waals surface area contributed by atoms with Gasteiger partial charge in [-0.1, -0.05) is 29.8 Å². The number of nitrogens with one attached hydrogen (secondary N) is 1. The van der Waals surface area contributed by atoms with E-state index in [-0.39, 0.29) is 5.91 Å². The molecule has 0 saturated carbocycles. The van der Waals surface area contributed by atoms with Crippen LogP contribution in [0.2, 0.25) is 5.02 Å². The number of esters is 1. The molecule has 20 heavy (non-hydrogen) atoms.